The van der Waals surface area contributed by atoms with Crippen LogP contribution in [0.5, 0.6) is 11.5 Å². The lowest BCUT2D eigenvalue weighted by Gasteiger charge is -2.21. The van der Waals surface area contributed by atoms with Crippen LogP contribution < -0.4 is 20.1 Å². The third kappa shape index (κ3) is 11.0. The Morgan fingerprint density at radius 2 is 0.988 bits per heavy atom. The molecular formula is C53H44N4O21S4. The van der Waals surface area contributed by atoms with E-state index in [1.165, 1.54) is 77.1 Å². The van der Waals surface area contributed by atoms with E-state index in [9.17, 15) is 92.6 Å². The van der Waals surface area contributed by atoms with Gasteiger partial charge in [-0.3, -0.25) is 18.5 Å². The molecule has 1 aliphatic carbocycles. The number of rotatable bonds is 16. The van der Waals surface area contributed by atoms with Crippen molar-refractivity contribution >= 4 is 104 Å². The maximum absolute atomic E-state index is 13.9. The highest BCUT2D eigenvalue weighted by Crippen LogP contribution is 2.45. The van der Waals surface area contributed by atoms with Crippen molar-refractivity contribution in [1.82, 2.24) is 0 Å². The first-order valence-electron chi connectivity index (χ1n) is 23.4. The van der Waals surface area contributed by atoms with Gasteiger partial charge in [0.2, 0.25) is 0 Å². The second kappa shape index (κ2) is 20.9. The second-order valence-electron chi connectivity index (χ2n) is 18.6. The van der Waals surface area contributed by atoms with Crippen LogP contribution in [0.2, 0.25) is 0 Å². The molecule has 1 aliphatic heterocycles. The van der Waals surface area contributed by atoms with Gasteiger partial charge in [-0.2, -0.15) is 16.8 Å². The number of sulfonamides is 2. The summed E-state index contributed by atoms with van der Waals surface area (Å²) in [6.45, 7) is 9.04. The molecule has 0 saturated carbocycles. The zero-order valence-electron chi connectivity index (χ0n) is 43.1. The lowest BCUT2D eigenvalue weighted by molar-refractivity contribution is 0.0672. The number of aromatic hydroxyl groups is 2. The van der Waals surface area contributed by atoms with E-state index in [0.717, 1.165) is 18.2 Å². The van der Waals surface area contributed by atoms with E-state index in [1.54, 1.807) is 13.0 Å². The summed E-state index contributed by atoms with van der Waals surface area (Å²) in [4.78, 5) is 48.4. The zero-order valence-corrected chi connectivity index (χ0v) is 46.4. The monoisotopic (exact) mass is 1200 g/mol. The first-order chi connectivity index (χ1) is 38.0. The smallest absolute Gasteiger partial charge is 0.339 e. The summed E-state index contributed by atoms with van der Waals surface area (Å²) in [7, 11) is -20.3. The van der Waals surface area contributed by atoms with Gasteiger partial charge in [0.15, 0.2) is 11.5 Å². The molecular weight excluding hydrogens is 1160 g/mol. The summed E-state index contributed by atoms with van der Waals surface area (Å²) in [5.74, 6) is -9.80. The molecule has 11 N–H and O–H groups in total. The fourth-order valence-electron chi connectivity index (χ4n) is 9.35. The molecule has 2 aliphatic rings. The van der Waals surface area contributed by atoms with Gasteiger partial charge >= 0.3 is 23.9 Å². The van der Waals surface area contributed by atoms with Crippen molar-refractivity contribution in [3.8, 4) is 33.9 Å². The number of phenols is 2. The third-order valence-electron chi connectivity index (χ3n) is 13.1. The van der Waals surface area contributed by atoms with Crippen LogP contribution in [0, 0.1) is 41.5 Å². The summed E-state index contributed by atoms with van der Waals surface area (Å²) in [5.41, 5.74) is -2.42. The molecule has 6 aromatic carbocycles. The molecule has 82 heavy (non-hydrogen) atoms. The maximum atomic E-state index is 13.9. The summed E-state index contributed by atoms with van der Waals surface area (Å²) in [5, 5.41) is 62.7. The van der Waals surface area contributed by atoms with Crippen LogP contribution in [0.15, 0.2) is 120 Å². The van der Waals surface area contributed by atoms with Crippen LogP contribution in [-0.4, -0.2) is 97.3 Å². The maximum Gasteiger partial charge on any atom is 0.339 e. The van der Waals surface area contributed by atoms with Gasteiger partial charge in [0.05, 0.1) is 33.5 Å². The lowest BCUT2D eigenvalue weighted by Crippen LogP contribution is -2.18. The van der Waals surface area contributed by atoms with E-state index in [0.29, 0.717) is 35.4 Å². The average Bonchev–Trinajstić information content (AvgIpc) is 1.35. The molecule has 0 aromatic heterocycles. The Hall–Kier alpha value is -9.39. The standard InChI is InChI=1S/C53H44N4O21S4/c1-22-13-24(3)46(56-79(68,69)41-17-28(50(60)61)15-34(48(41)58)52(64)65)26(5)44(22)54-30-11-12-31-37(19-30)78-38-21-36(40(82(75,76)77)20-33(38)43(31)32-9-7-8-10-39(32)81(72,73)74)55-45-23(2)14-25(4)47(27(45)6)57-80(70,71)42-18-29(51(62)63)16-35(49(42)59)53(66)67/h7-21,54,56-59H,1-6H3,(H,60,61)(H,62,63)(H,64,65)(H,66,67)(H,72,73,74)(H,75,76,77)/b55-36+. The summed E-state index contributed by atoms with van der Waals surface area (Å²) < 4.78 is 141. The molecule has 0 saturated heterocycles. The van der Waals surface area contributed by atoms with Crippen molar-refractivity contribution in [2.75, 3.05) is 14.8 Å². The van der Waals surface area contributed by atoms with Gasteiger partial charge in [-0.25, -0.2) is 41.0 Å². The fourth-order valence-corrected chi connectivity index (χ4v) is 13.4. The van der Waals surface area contributed by atoms with E-state index >= 15 is 0 Å². The van der Waals surface area contributed by atoms with E-state index in [1.807, 2.05) is 0 Å². The summed E-state index contributed by atoms with van der Waals surface area (Å²) in [6.07, 6.45) is 0. The molecule has 0 fully saturated rings. The number of hydrogen-bond donors (Lipinski definition) is 11. The number of fused-ring (bicyclic) bond motifs is 2. The van der Waals surface area contributed by atoms with Crippen molar-refractivity contribution in [2.45, 2.75) is 61.1 Å². The van der Waals surface area contributed by atoms with E-state index in [4.69, 9.17) is 4.42 Å². The highest BCUT2D eigenvalue weighted by atomic mass is 32.2. The SMILES string of the molecule is Cc1cc(C)c(NS(=O)(=O)c2cc(C(=O)O)cc(C(=O)O)c2O)c(C)c1/N=c1\cc2oc3cc(Nc4c(C)cc(C)c(NS(=O)(=O)c5cc(C(=O)O)cc(C(=O)O)c5O)c4C)ccc3c(-c3ccccc3S(=O)(=O)O)c-2cc1S(=O)(=O)O. The van der Waals surface area contributed by atoms with Crippen LogP contribution in [0.1, 0.15) is 74.8 Å². The number of carbonyl (C=O) groups is 4. The molecule has 1 heterocycles. The number of aryl methyl sites for hydroxylation is 4. The zero-order chi connectivity index (χ0) is 60.6. The number of nitrogens with zero attached hydrogens (tertiary/aromatic N) is 1. The summed E-state index contributed by atoms with van der Waals surface area (Å²) >= 11 is 0. The van der Waals surface area contributed by atoms with Crippen LogP contribution in [0.25, 0.3) is 33.4 Å². The number of carboxylic acids is 4. The van der Waals surface area contributed by atoms with Gasteiger partial charge in [-0.05, 0) is 123 Å². The topological polar surface area (TPSA) is 428 Å². The minimum atomic E-state index is -5.32. The Labute approximate surface area is 465 Å². The van der Waals surface area contributed by atoms with Crippen LogP contribution in [0.3, 0.4) is 0 Å². The molecule has 0 atom stereocenters. The van der Waals surface area contributed by atoms with Crippen molar-refractivity contribution in [1.29, 1.82) is 0 Å². The molecule has 0 bridgehead atoms. The number of carboxylic acid groups (broad SMARTS) is 4. The van der Waals surface area contributed by atoms with Crippen LogP contribution in [0.4, 0.5) is 28.4 Å². The number of anilines is 4. The largest absolute Gasteiger partial charge is 0.506 e. The molecule has 0 radical (unpaired) electrons. The van der Waals surface area contributed by atoms with Crippen molar-refractivity contribution in [3.05, 3.63) is 152 Å². The van der Waals surface area contributed by atoms with Gasteiger partial charge in [0.25, 0.3) is 40.3 Å². The number of aromatic carboxylic acids is 4. The Morgan fingerprint density at radius 3 is 1.49 bits per heavy atom. The van der Waals surface area contributed by atoms with E-state index < -0.39 is 123 Å². The Balaban J connectivity index is 1.33. The number of nitrogens with one attached hydrogen (secondary N) is 3. The Kier molecular flexibility index (Phi) is 15.0. The fraction of sp³-hybridized carbons (Fsp3) is 0.113. The number of hydrogen-bond acceptors (Lipinski definition) is 17. The van der Waals surface area contributed by atoms with E-state index in [-0.39, 0.29) is 84.1 Å². The van der Waals surface area contributed by atoms with Crippen molar-refractivity contribution in [3.63, 3.8) is 0 Å². The minimum Gasteiger partial charge on any atom is -0.506 e. The molecule has 0 spiro atoms. The lowest BCUT2D eigenvalue weighted by atomic mass is 9.93. The Bertz CT molecular complexity index is 4690. The predicted octanol–water partition coefficient (Wildman–Crippen LogP) is 8.33. The van der Waals surface area contributed by atoms with Gasteiger partial charge < -0.3 is 40.4 Å². The molecule has 0 amide bonds. The van der Waals surface area contributed by atoms with Crippen molar-refractivity contribution in [2.24, 2.45) is 4.99 Å². The molecule has 6 aromatic rings. The molecule has 25 nitrogen and oxygen atoms in total. The predicted molar refractivity (Wildman–Crippen MR) is 293 cm³/mol. The molecule has 8 rings (SSSR count). The van der Waals surface area contributed by atoms with E-state index in [2.05, 4.69) is 19.8 Å². The number of benzene rings is 7. The molecule has 0 unspecified atom stereocenters. The quantitative estimate of drug-likeness (QED) is 0.0320. The van der Waals surface area contributed by atoms with Gasteiger partial charge in [0, 0.05) is 45.6 Å². The molecule has 426 valence electrons. The minimum absolute atomic E-state index is 0.0146. The Morgan fingerprint density at radius 1 is 0.500 bits per heavy atom. The second-order valence-corrected chi connectivity index (χ2v) is 24.7. The highest BCUT2D eigenvalue weighted by molar-refractivity contribution is 7.93. The van der Waals surface area contributed by atoms with Gasteiger partial charge in [0.1, 0.15) is 42.1 Å². The van der Waals surface area contributed by atoms with Gasteiger partial charge in [-0.15, -0.1) is 0 Å². The van der Waals surface area contributed by atoms with Crippen molar-refractivity contribution < 1.29 is 97.0 Å². The first-order valence-corrected chi connectivity index (χ1v) is 29.2. The van der Waals surface area contributed by atoms with Gasteiger partial charge in [-0.1, -0.05) is 30.3 Å². The average molecular weight is 1200 g/mol. The first kappa shape index (κ1) is 58.8. The normalized spacial score (nSPS) is 12.4. The third-order valence-corrected chi connectivity index (χ3v) is 17.6. The van der Waals surface area contributed by atoms with Crippen LogP contribution in [-0.2, 0) is 40.3 Å². The molecule has 29 heteroatoms. The highest BCUT2D eigenvalue weighted by Gasteiger charge is 2.32. The summed E-state index contributed by atoms with van der Waals surface area (Å²) in [6, 6.07) is 16.7. The van der Waals surface area contributed by atoms with Crippen LogP contribution >= 0.6 is 0 Å².